The van der Waals surface area contributed by atoms with E-state index in [-0.39, 0.29) is 47.8 Å². The lowest BCUT2D eigenvalue weighted by Gasteiger charge is -2.18. The number of thioether (sulfide) groups is 1. The van der Waals surface area contributed by atoms with Crippen LogP contribution in [0.3, 0.4) is 0 Å². The third kappa shape index (κ3) is 6.72. The van der Waals surface area contributed by atoms with Gasteiger partial charge in [0.15, 0.2) is 0 Å². The quantitative estimate of drug-likeness (QED) is 0.101. The number of fused-ring (bicyclic) bond motifs is 4. The number of nitrogens with zero attached hydrogens (tertiary/aromatic N) is 4. The molecule has 3 aliphatic rings. The van der Waals surface area contributed by atoms with Crippen molar-refractivity contribution in [2.45, 2.75) is 96.7 Å². The second-order valence-corrected chi connectivity index (χ2v) is 17.6. The Morgan fingerprint density at radius 3 is 2.18 bits per heavy atom. The molecule has 0 spiro atoms. The first-order valence-corrected chi connectivity index (χ1v) is 21.4. The average Bonchev–Trinajstić information content (AvgIpc) is 3.97. The van der Waals surface area contributed by atoms with Gasteiger partial charge in [0.2, 0.25) is 5.36 Å². The van der Waals surface area contributed by atoms with Gasteiger partial charge in [-0.25, -0.2) is 4.58 Å². The summed E-state index contributed by atoms with van der Waals surface area (Å²) in [6.45, 7) is 11.0. The molecule has 9 rings (SSSR count). The lowest BCUT2D eigenvalue weighted by Crippen LogP contribution is -3.00. The third-order valence-electron chi connectivity index (χ3n) is 12.8. The molecule has 0 saturated carbocycles. The Balaban J connectivity index is 0.00000455. The van der Waals surface area contributed by atoms with Crippen LogP contribution in [-0.4, -0.2) is 41.8 Å². The summed E-state index contributed by atoms with van der Waals surface area (Å²) in [5, 5.41) is 9.76. The highest BCUT2D eigenvalue weighted by Gasteiger charge is 2.35. The first-order chi connectivity index (χ1) is 27.0. The van der Waals surface area contributed by atoms with Gasteiger partial charge in [0.25, 0.3) is 0 Å². The molecule has 298 valence electrons. The number of aromatic nitrogens is 2. The van der Waals surface area contributed by atoms with Crippen molar-refractivity contribution >= 4 is 73.0 Å². The number of hydrogen-bond donors (Lipinski definition) is 0. The minimum Gasteiger partial charge on any atom is -1.00 e. The van der Waals surface area contributed by atoms with E-state index in [1.54, 1.807) is 0 Å². The summed E-state index contributed by atoms with van der Waals surface area (Å²) in [7, 11) is 4.34. The highest BCUT2D eigenvalue weighted by molar-refractivity contribution is 8.04. The molecule has 0 saturated heterocycles. The van der Waals surface area contributed by atoms with Crippen molar-refractivity contribution < 1.29 is 37.1 Å². The first-order valence-electron chi connectivity index (χ1n) is 20.6. The Morgan fingerprint density at radius 1 is 0.789 bits per heavy atom. The monoisotopic (exact) mass is 900 g/mol. The fourth-order valence-corrected chi connectivity index (χ4v) is 11.3. The molecular weight excluding hydrogens is 849 g/mol. The lowest BCUT2D eigenvalue weighted by molar-refractivity contribution is -0.0322. The van der Waals surface area contributed by atoms with E-state index >= 15 is 0 Å². The van der Waals surface area contributed by atoms with E-state index in [4.69, 9.17) is 0 Å². The number of halogens is 4. The van der Waals surface area contributed by atoms with Crippen LogP contribution in [0.15, 0.2) is 76.7 Å². The van der Waals surface area contributed by atoms with Gasteiger partial charge in [-0.15, -0.1) is 0 Å². The molecule has 2 aliphatic heterocycles. The maximum absolute atomic E-state index is 14.4. The normalized spacial score (nSPS) is 18.2. The van der Waals surface area contributed by atoms with Gasteiger partial charge in [0, 0.05) is 86.2 Å². The van der Waals surface area contributed by atoms with Gasteiger partial charge in [0.05, 0.1) is 16.4 Å². The summed E-state index contributed by atoms with van der Waals surface area (Å²) in [5.74, 6) is 0. The Kier molecular flexibility index (Phi) is 10.9. The van der Waals surface area contributed by atoms with Crippen molar-refractivity contribution in [1.82, 2.24) is 13.7 Å². The zero-order valence-electron chi connectivity index (χ0n) is 33.9. The van der Waals surface area contributed by atoms with Crippen molar-refractivity contribution in [2.75, 3.05) is 32.1 Å². The zero-order valence-corrected chi connectivity index (χ0v) is 36.8. The summed E-state index contributed by atoms with van der Waals surface area (Å²) in [5.41, 5.74) is 4.71. The van der Waals surface area contributed by atoms with Crippen LogP contribution in [-0.2, 0) is 12.8 Å². The van der Waals surface area contributed by atoms with Crippen LogP contribution < -0.4 is 44.2 Å². The van der Waals surface area contributed by atoms with Gasteiger partial charge >= 0.3 is 5.51 Å². The predicted octanol–water partition coefficient (Wildman–Crippen LogP) is 8.46. The van der Waals surface area contributed by atoms with E-state index in [0.29, 0.717) is 17.7 Å². The van der Waals surface area contributed by atoms with Crippen molar-refractivity contribution in [3.63, 3.8) is 0 Å². The number of benzene rings is 4. The topological polar surface area (TPSA) is 16.1 Å². The summed E-state index contributed by atoms with van der Waals surface area (Å²) >= 11 is 0.0522. The summed E-state index contributed by atoms with van der Waals surface area (Å²) < 4.78 is 50.6. The van der Waals surface area contributed by atoms with Crippen LogP contribution in [0.1, 0.15) is 95.1 Å². The molecule has 4 nitrogen and oxygen atoms in total. The Bertz CT molecular complexity index is 2770. The van der Waals surface area contributed by atoms with Crippen LogP contribution in [0.25, 0.3) is 55.5 Å². The molecule has 0 radical (unpaired) electrons. The zero-order chi connectivity index (χ0) is 39.0. The molecule has 2 aromatic heterocycles. The van der Waals surface area contributed by atoms with Crippen molar-refractivity contribution in [2.24, 2.45) is 0 Å². The molecule has 0 amide bonds. The molecule has 0 N–H and O–H groups in total. The van der Waals surface area contributed by atoms with Crippen LogP contribution in [0.2, 0.25) is 0 Å². The van der Waals surface area contributed by atoms with E-state index in [0.717, 1.165) is 84.6 Å². The largest absolute Gasteiger partial charge is 1.00 e. The number of allylic oxidation sites excluding steroid dienone is 4. The fourth-order valence-electron chi connectivity index (χ4n) is 10.4. The highest BCUT2D eigenvalue weighted by atomic mass is 127. The first kappa shape index (κ1) is 40.1. The Hall–Kier alpha value is -3.70. The standard InChI is InChI=1S/C48H52F3N4S.HI/c1-7-11-29(3)54-39(35-13-9-15-37-43(35)41(54)27-33-23-25-52(5)45(33)37)21-19-31-17-18-32(47(31)56-48(49,50)51)20-22-40-36-14-10-16-38-44(36)42(55(40)30(4)12-8-2)28-34-24-26-53(6)46(34)38;/h9-10,13-16,19-22,27-30H,7-8,11-12,17-18,23-26H2,1-6H3;1H/q+1;/p-1. The van der Waals surface area contributed by atoms with Crippen LogP contribution >= 0.6 is 11.8 Å². The van der Waals surface area contributed by atoms with Gasteiger partial charge in [0.1, 0.15) is 13.6 Å². The molecule has 4 aromatic carbocycles. The Labute approximate surface area is 354 Å². The van der Waals surface area contributed by atoms with Gasteiger partial charge in [-0.05, 0) is 105 Å². The number of alkyl halides is 3. The van der Waals surface area contributed by atoms with Crippen molar-refractivity contribution in [1.29, 1.82) is 0 Å². The van der Waals surface area contributed by atoms with E-state index in [2.05, 4.69) is 121 Å². The second kappa shape index (κ2) is 15.5. The highest BCUT2D eigenvalue weighted by Crippen LogP contribution is 2.48. The van der Waals surface area contributed by atoms with E-state index in [1.165, 1.54) is 54.7 Å². The molecule has 0 fully saturated rings. The van der Waals surface area contributed by atoms with Crippen LogP contribution in [0.5, 0.6) is 0 Å². The smallest absolute Gasteiger partial charge is 0.446 e. The van der Waals surface area contributed by atoms with E-state index < -0.39 is 5.51 Å². The van der Waals surface area contributed by atoms with E-state index in [9.17, 15) is 13.2 Å². The van der Waals surface area contributed by atoms with Crippen LogP contribution in [0, 0.1) is 0 Å². The summed E-state index contributed by atoms with van der Waals surface area (Å²) in [6, 6.07) is 18.4. The predicted molar refractivity (Wildman–Crippen MR) is 233 cm³/mol. The summed E-state index contributed by atoms with van der Waals surface area (Å²) in [6.07, 6.45) is 15.5. The molecule has 2 atom stereocenters. The van der Waals surface area contributed by atoms with Gasteiger partial charge < -0.3 is 38.0 Å². The fraction of sp³-hybridized carbons (Fsp3) is 0.396. The molecule has 6 aromatic rings. The average molecular weight is 901 g/mol. The second-order valence-electron chi connectivity index (χ2n) is 16.5. The molecule has 57 heavy (non-hydrogen) atoms. The number of hydrogen-bond acceptors (Lipinski definition) is 2. The number of likely N-dealkylation sites (N-methyl/N-ethyl adjacent to an activating group) is 2. The van der Waals surface area contributed by atoms with E-state index in [1.807, 2.05) is 12.2 Å². The van der Waals surface area contributed by atoms with Gasteiger partial charge in [-0.2, -0.15) is 13.2 Å². The molecular formula is C48H52F3IN4S. The minimum atomic E-state index is -4.40. The Morgan fingerprint density at radius 2 is 1.44 bits per heavy atom. The molecule has 2 unspecified atom stereocenters. The maximum atomic E-state index is 14.4. The maximum Gasteiger partial charge on any atom is 0.446 e. The third-order valence-corrected chi connectivity index (χ3v) is 13.8. The number of anilines is 1. The SMILES string of the molecule is CCCC(C)n1c(/C=C/C2=C(SC(F)(F)F)C(=C/C=c3\c4cccc5c6c(cc(c54)n3C(C)CCC)CCN6C)/CC2)c2cccc3c4c(cc1c23)CC[N+]=4C.[I-]. The minimum absolute atomic E-state index is 0. The number of rotatable bonds is 10. The molecule has 1 aliphatic carbocycles. The van der Waals surface area contributed by atoms with Crippen molar-refractivity contribution in [3.8, 4) is 0 Å². The molecule has 4 heterocycles. The lowest BCUT2D eigenvalue weighted by atomic mass is 10.0. The van der Waals surface area contributed by atoms with Crippen LogP contribution in [0.4, 0.5) is 18.9 Å². The van der Waals surface area contributed by atoms with Crippen molar-refractivity contribution in [3.05, 3.63) is 104 Å². The summed E-state index contributed by atoms with van der Waals surface area (Å²) in [4.78, 5) is 2.70. The molecule has 0 bridgehead atoms. The van der Waals surface area contributed by atoms with Gasteiger partial charge in [-0.1, -0.05) is 69.2 Å². The molecule has 9 heteroatoms. The van der Waals surface area contributed by atoms with Gasteiger partial charge in [-0.3, -0.25) is 0 Å².